The molecule has 0 radical (unpaired) electrons. The maximum Gasteiger partial charge on any atom is 0.273 e. The highest BCUT2D eigenvalue weighted by Gasteiger charge is 2.38. The van der Waals surface area contributed by atoms with E-state index in [1.54, 1.807) is 0 Å². The first-order valence-electron chi connectivity index (χ1n) is 11.3. The van der Waals surface area contributed by atoms with Gasteiger partial charge in [0.15, 0.2) is 0 Å². The van der Waals surface area contributed by atoms with E-state index in [1.165, 1.54) is 12.0 Å². The van der Waals surface area contributed by atoms with Crippen LogP contribution in [0.5, 0.6) is 0 Å². The Balaban J connectivity index is 1.54. The maximum absolute atomic E-state index is 13.5. The van der Waals surface area contributed by atoms with Crippen molar-refractivity contribution in [1.29, 1.82) is 0 Å². The van der Waals surface area contributed by atoms with Gasteiger partial charge in [0, 0.05) is 29.2 Å². The molecule has 1 N–H and O–H groups in total. The molecule has 1 saturated carbocycles. The fourth-order valence-corrected chi connectivity index (χ4v) is 4.92. The number of aromatic nitrogens is 1. The molecule has 0 saturated heterocycles. The van der Waals surface area contributed by atoms with Crippen LogP contribution in [0.4, 0.5) is 5.69 Å². The molecule has 1 aromatic heterocycles. The number of carbonyl (C=O) groups excluding carboxylic acids is 2. The van der Waals surface area contributed by atoms with Gasteiger partial charge in [0.25, 0.3) is 11.8 Å². The molecule has 1 aliphatic heterocycles. The normalized spacial score (nSPS) is 16.5. The molecule has 2 aliphatic rings. The minimum Gasteiger partial charge on any atom is -0.330 e. The number of fused-ring (bicyclic) bond motifs is 2. The molecule has 3 aromatic rings. The van der Waals surface area contributed by atoms with Crippen LogP contribution in [0.25, 0.3) is 10.9 Å². The van der Waals surface area contributed by atoms with Crippen molar-refractivity contribution >= 4 is 28.4 Å². The van der Waals surface area contributed by atoms with Crippen molar-refractivity contribution in [2.24, 2.45) is 0 Å². The number of pyridine rings is 1. The lowest BCUT2D eigenvalue weighted by molar-refractivity contribution is 0.0655. The summed E-state index contributed by atoms with van der Waals surface area (Å²) in [6, 6.07) is 15.8. The first-order chi connectivity index (χ1) is 15.2. The Morgan fingerprint density at radius 2 is 1.81 bits per heavy atom. The number of amides is 2. The van der Waals surface area contributed by atoms with E-state index >= 15 is 0 Å². The summed E-state index contributed by atoms with van der Waals surface area (Å²) in [6.45, 7) is 2.57. The Kier molecular flexibility index (Phi) is 5.18. The molecule has 2 amide bonds. The number of aryl methyl sites for hydroxylation is 1. The number of para-hydroxylation sites is 1. The summed E-state index contributed by atoms with van der Waals surface area (Å²) in [5, 5.41) is 3.84. The van der Waals surface area contributed by atoms with Gasteiger partial charge in [-0.3, -0.25) is 9.59 Å². The van der Waals surface area contributed by atoms with Crippen LogP contribution in [0.15, 0.2) is 48.5 Å². The molecule has 0 bridgehead atoms. The Bertz CT molecular complexity index is 1150. The van der Waals surface area contributed by atoms with Crippen molar-refractivity contribution < 1.29 is 9.59 Å². The van der Waals surface area contributed by atoms with Crippen LogP contribution in [0.2, 0.25) is 0 Å². The van der Waals surface area contributed by atoms with Gasteiger partial charge >= 0.3 is 0 Å². The molecule has 2 heterocycles. The van der Waals surface area contributed by atoms with Gasteiger partial charge < -0.3 is 10.2 Å². The lowest BCUT2D eigenvalue weighted by Crippen LogP contribution is -2.37. The summed E-state index contributed by atoms with van der Waals surface area (Å²) >= 11 is 0. The van der Waals surface area contributed by atoms with Crippen LogP contribution in [0.3, 0.4) is 0 Å². The van der Waals surface area contributed by atoms with Crippen LogP contribution in [0.1, 0.15) is 71.0 Å². The lowest BCUT2D eigenvalue weighted by atomic mass is 9.94. The van der Waals surface area contributed by atoms with E-state index in [0.717, 1.165) is 48.7 Å². The summed E-state index contributed by atoms with van der Waals surface area (Å²) in [7, 11) is 0. The Morgan fingerprint density at radius 1 is 1.06 bits per heavy atom. The molecule has 5 nitrogen and oxygen atoms in total. The van der Waals surface area contributed by atoms with Gasteiger partial charge in [0.1, 0.15) is 5.69 Å². The first-order valence-corrected chi connectivity index (χ1v) is 11.3. The number of nitrogens with one attached hydrogen (secondary N) is 1. The summed E-state index contributed by atoms with van der Waals surface area (Å²) in [5.74, 6) is -0.216. The Hall–Kier alpha value is -3.21. The van der Waals surface area contributed by atoms with E-state index < -0.39 is 0 Å². The highest BCUT2D eigenvalue weighted by atomic mass is 16.2. The Labute approximate surface area is 182 Å². The molecule has 1 aliphatic carbocycles. The summed E-state index contributed by atoms with van der Waals surface area (Å²) in [5.41, 5.74) is 4.44. The monoisotopic (exact) mass is 413 g/mol. The number of benzene rings is 2. The van der Waals surface area contributed by atoms with Crippen molar-refractivity contribution in [3.05, 3.63) is 70.9 Å². The molecular formula is C26H27N3O2. The zero-order valence-corrected chi connectivity index (χ0v) is 17.9. The van der Waals surface area contributed by atoms with Crippen LogP contribution >= 0.6 is 0 Å². The topological polar surface area (TPSA) is 62.3 Å². The van der Waals surface area contributed by atoms with E-state index in [2.05, 4.69) is 17.2 Å². The van der Waals surface area contributed by atoms with Crippen LogP contribution in [-0.2, 0) is 13.0 Å². The number of hydrogen-bond acceptors (Lipinski definition) is 3. The second-order valence-corrected chi connectivity index (χ2v) is 8.56. The third-order valence-electron chi connectivity index (χ3n) is 6.65. The fraction of sp³-hybridized carbons (Fsp3) is 0.346. The number of carbonyl (C=O) groups is 2. The van der Waals surface area contributed by atoms with Crippen molar-refractivity contribution in [3.8, 4) is 0 Å². The molecule has 5 rings (SSSR count). The molecule has 5 heteroatoms. The SMILES string of the molecule is CCc1ccc(NC(=O)c2c3c(nc4ccccc24)C(=O)N(C2CCCCC2)C3)cc1. The zero-order valence-electron chi connectivity index (χ0n) is 17.9. The van der Waals surface area contributed by atoms with Gasteiger partial charge in [0.2, 0.25) is 0 Å². The van der Waals surface area contributed by atoms with Crippen LogP contribution < -0.4 is 5.32 Å². The van der Waals surface area contributed by atoms with Crippen LogP contribution in [-0.4, -0.2) is 27.7 Å². The van der Waals surface area contributed by atoms with Crippen molar-refractivity contribution in [3.63, 3.8) is 0 Å². The van der Waals surface area contributed by atoms with Crippen LogP contribution in [0, 0.1) is 0 Å². The van der Waals surface area contributed by atoms with Gasteiger partial charge in [0.05, 0.1) is 11.1 Å². The van der Waals surface area contributed by atoms with Gasteiger partial charge in [-0.05, 0) is 43.0 Å². The van der Waals surface area contributed by atoms with E-state index in [1.807, 2.05) is 53.4 Å². The van der Waals surface area contributed by atoms with Crippen molar-refractivity contribution in [2.45, 2.75) is 58.0 Å². The summed E-state index contributed by atoms with van der Waals surface area (Å²) in [6.07, 6.45) is 6.56. The molecule has 2 aromatic carbocycles. The van der Waals surface area contributed by atoms with Gasteiger partial charge in [-0.1, -0.05) is 56.5 Å². The second-order valence-electron chi connectivity index (χ2n) is 8.56. The molecule has 0 spiro atoms. The summed E-state index contributed by atoms with van der Waals surface area (Å²) < 4.78 is 0. The maximum atomic E-state index is 13.5. The third-order valence-corrected chi connectivity index (χ3v) is 6.65. The van der Waals surface area contributed by atoms with Gasteiger partial charge in [-0.15, -0.1) is 0 Å². The highest BCUT2D eigenvalue weighted by Crippen LogP contribution is 2.35. The number of nitrogens with zero attached hydrogens (tertiary/aromatic N) is 2. The molecular weight excluding hydrogens is 386 g/mol. The minimum atomic E-state index is -0.183. The zero-order chi connectivity index (χ0) is 21.4. The van der Waals surface area contributed by atoms with E-state index in [4.69, 9.17) is 0 Å². The molecule has 158 valence electrons. The van der Waals surface area contributed by atoms with Gasteiger partial charge in [-0.25, -0.2) is 4.98 Å². The quantitative estimate of drug-likeness (QED) is 0.628. The third kappa shape index (κ3) is 3.58. The highest BCUT2D eigenvalue weighted by molar-refractivity contribution is 6.16. The number of hydrogen-bond donors (Lipinski definition) is 1. The van der Waals surface area contributed by atoms with E-state index in [9.17, 15) is 9.59 Å². The molecule has 0 unspecified atom stereocenters. The van der Waals surface area contributed by atoms with E-state index in [0.29, 0.717) is 23.3 Å². The largest absolute Gasteiger partial charge is 0.330 e. The predicted octanol–water partition coefficient (Wildman–Crippen LogP) is 5.34. The molecule has 1 fully saturated rings. The smallest absolute Gasteiger partial charge is 0.273 e. The Morgan fingerprint density at radius 3 is 2.55 bits per heavy atom. The predicted molar refractivity (Wildman–Crippen MR) is 122 cm³/mol. The van der Waals surface area contributed by atoms with E-state index in [-0.39, 0.29) is 17.9 Å². The standard InChI is InChI=1S/C26H27N3O2/c1-2-17-12-14-18(15-13-17)27-25(30)23-20-10-6-7-11-22(20)28-24-21(23)16-29(26(24)31)19-8-4-3-5-9-19/h6-7,10-15,19H,2-5,8-9,16H2,1H3,(H,27,30). The van der Waals surface area contributed by atoms with Crippen molar-refractivity contribution in [2.75, 3.05) is 5.32 Å². The fourth-order valence-electron chi connectivity index (χ4n) is 4.92. The second kappa shape index (κ2) is 8.14. The van der Waals surface area contributed by atoms with Gasteiger partial charge in [-0.2, -0.15) is 0 Å². The average Bonchev–Trinajstić information content (AvgIpc) is 3.14. The van der Waals surface area contributed by atoms with Crippen molar-refractivity contribution in [1.82, 2.24) is 9.88 Å². The first kappa shape index (κ1) is 19.7. The summed E-state index contributed by atoms with van der Waals surface area (Å²) in [4.78, 5) is 33.4. The lowest BCUT2D eigenvalue weighted by Gasteiger charge is -2.30. The molecule has 0 atom stereocenters. The number of anilines is 1. The number of rotatable bonds is 4. The minimum absolute atomic E-state index is 0.0333. The molecule has 31 heavy (non-hydrogen) atoms. The average molecular weight is 414 g/mol.